The van der Waals surface area contributed by atoms with Crippen molar-refractivity contribution in [1.82, 2.24) is 0 Å². The van der Waals surface area contributed by atoms with E-state index in [-0.39, 0.29) is 10.4 Å². The van der Waals surface area contributed by atoms with Crippen LogP contribution in [-0.2, 0) is 29.6 Å². The van der Waals surface area contributed by atoms with E-state index in [1.54, 1.807) is 43.3 Å². The van der Waals surface area contributed by atoms with Gasteiger partial charge >= 0.3 is 5.97 Å². The van der Waals surface area contributed by atoms with Crippen molar-refractivity contribution >= 4 is 72.2 Å². The second-order valence-electron chi connectivity index (χ2n) is 10.6. The number of carbonyl (C=O) groups is 3. The highest BCUT2D eigenvalue weighted by Gasteiger charge is 2.83. The van der Waals surface area contributed by atoms with Crippen LogP contribution in [0.4, 0.5) is 11.4 Å². The Morgan fingerprint density at radius 2 is 1.80 bits per heavy atom. The van der Waals surface area contributed by atoms with Crippen LogP contribution >= 0.6 is 43.2 Å². The molecule has 5 atom stereocenters. The highest BCUT2D eigenvalue weighted by atomic mass is 79.9. The van der Waals surface area contributed by atoms with E-state index in [9.17, 15) is 19.5 Å². The van der Waals surface area contributed by atoms with Gasteiger partial charge in [-0.05, 0) is 86.8 Å². The Morgan fingerprint density at radius 3 is 2.51 bits per heavy atom. The smallest absolute Gasteiger partial charge is 0.316 e. The van der Waals surface area contributed by atoms with Crippen molar-refractivity contribution in [3.05, 3.63) is 78.4 Å². The van der Waals surface area contributed by atoms with E-state index >= 15 is 0 Å². The number of morpholine rings is 1. The van der Waals surface area contributed by atoms with E-state index in [0.717, 1.165) is 28.1 Å². The van der Waals surface area contributed by atoms with Crippen LogP contribution in [0.15, 0.2) is 57.5 Å². The fourth-order valence-electron chi connectivity index (χ4n) is 6.42. The van der Waals surface area contributed by atoms with Gasteiger partial charge < -0.3 is 29.5 Å². The summed E-state index contributed by atoms with van der Waals surface area (Å²) < 4.78 is 18.9. The lowest BCUT2D eigenvalue weighted by Gasteiger charge is -2.31. The molecule has 12 heteroatoms. The number of nitrogens with one attached hydrogen (secondary N) is 1. The molecular formula is C29H24Br2N2O7S. The molecule has 2 N–H and O–H groups in total. The molecule has 0 radical (unpaired) electrons. The van der Waals surface area contributed by atoms with E-state index in [1.807, 2.05) is 12.1 Å². The monoisotopic (exact) mass is 702 g/mol. The number of ketones is 1. The number of carbonyl (C=O) groups excluding carboxylic acids is 3. The molecule has 212 valence electrons. The van der Waals surface area contributed by atoms with Crippen LogP contribution in [-0.4, -0.2) is 54.7 Å². The van der Waals surface area contributed by atoms with Crippen LogP contribution in [0.5, 0.6) is 0 Å². The summed E-state index contributed by atoms with van der Waals surface area (Å²) >= 11 is 8.13. The largest absolute Gasteiger partial charge is 0.424 e. The number of ether oxygens (including phenoxy) is 3. The lowest BCUT2D eigenvalue weighted by Crippen LogP contribution is -2.53. The number of hydrogen-bond donors (Lipinski definition) is 2. The molecule has 41 heavy (non-hydrogen) atoms. The highest BCUT2D eigenvalue weighted by molar-refractivity contribution is 9.13. The van der Waals surface area contributed by atoms with Crippen molar-refractivity contribution in [2.24, 2.45) is 11.8 Å². The molecule has 1 aromatic heterocycles. The van der Waals surface area contributed by atoms with Crippen LogP contribution in [0.3, 0.4) is 0 Å². The molecule has 1 amide bonds. The Bertz CT molecular complexity index is 1600. The number of aliphatic hydroxyl groups is 1. The number of esters is 1. The quantitative estimate of drug-likeness (QED) is 0.376. The molecule has 3 aliphatic heterocycles. The zero-order valence-corrected chi connectivity index (χ0v) is 25.7. The molecule has 2 aromatic carbocycles. The van der Waals surface area contributed by atoms with Gasteiger partial charge in [-0.3, -0.25) is 14.4 Å². The number of hydrogen-bond acceptors (Lipinski definition) is 9. The fraction of sp³-hybridized carbons (Fsp3) is 0.345. The first-order valence-corrected chi connectivity index (χ1v) is 15.5. The predicted molar refractivity (Wildman–Crippen MR) is 157 cm³/mol. The van der Waals surface area contributed by atoms with Gasteiger partial charge in [0.1, 0.15) is 5.92 Å². The van der Waals surface area contributed by atoms with Gasteiger partial charge in [0.05, 0.1) is 30.1 Å². The van der Waals surface area contributed by atoms with Gasteiger partial charge in [-0.1, -0.05) is 6.07 Å². The van der Waals surface area contributed by atoms with Gasteiger partial charge in [0.15, 0.2) is 0 Å². The summed E-state index contributed by atoms with van der Waals surface area (Å²) in [5.41, 5.74) is 0.280. The normalized spacial score (nSPS) is 30.1. The lowest BCUT2D eigenvalue weighted by molar-refractivity contribution is -0.251. The first-order valence-electron chi connectivity index (χ1n) is 13.1. The zero-order valence-electron chi connectivity index (χ0n) is 21.7. The van der Waals surface area contributed by atoms with Crippen LogP contribution in [0.2, 0.25) is 0 Å². The zero-order chi connectivity index (χ0) is 28.7. The van der Waals surface area contributed by atoms with Gasteiger partial charge in [-0.25, -0.2) is 0 Å². The van der Waals surface area contributed by atoms with E-state index in [0.29, 0.717) is 28.9 Å². The molecule has 4 heterocycles. The van der Waals surface area contributed by atoms with Crippen LogP contribution < -0.4 is 10.2 Å². The fourth-order valence-corrected chi connectivity index (χ4v) is 8.15. The van der Waals surface area contributed by atoms with Gasteiger partial charge in [0.25, 0.3) is 5.79 Å². The van der Waals surface area contributed by atoms with Crippen molar-refractivity contribution in [3.8, 4) is 0 Å². The van der Waals surface area contributed by atoms with Crippen LogP contribution in [0.1, 0.15) is 31.8 Å². The average Bonchev–Trinajstić information content (AvgIpc) is 3.64. The summed E-state index contributed by atoms with van der Waals surface area (Å²) in [7, 11) is 0. The first kappa shape index (κ1) is 27.2. The Balaban J connectivity index is 1.27. The minimum atomic E-state index is -2.32. The molecule has 1 spiro atoms. The molecule has 0 bridgehead atoms. The highest BCUT2D eigenvalue weighted by Crippen LogP contribution is 2.66. The molecule has 3 aromatic rings. The summed E-state index contributed by atoms with van der Waals surface area (Å²) in [5.74, 6) is -6.77. The number of aryl methyl sites for hydroxylation is 1. The maximum absolute atomic E-state index is 14.0. The maximum atomic E-state index is 14.0. The number of amides is 1. The molecule has 4 aliphatic rings. The van der Waals surface area contributed by atoms with Crippen LogP contribution in [0, 0.1) is 18.8 Å². The van der Waals surface area contributed by atoms with Crippen molar-refractivity contribution in [3.63, 3.8) is 0 Å². The van der Waals surface area contributed by atoms with Crippen molar-refractivity contribution in [1.29, 1.82) is 0 Å². The second kappa shape index (κ2) is 9.72. The summed E-state index contributed by atoms with van der Waals surface area (Å²) in [6.07, 6.45) is -1.02. The van der Waals surface area contributed by atoms with Gasteiger partial charge in [-0.2, -0.15) is 0 Å². The topological polar surface area (TPSA) is 114 Å². The summed E-state index contributed by atoms with van der Waals surface area (Å²) in [6.45, 7) is 4.68. The SMILES string of the molecule is Cc1cc2c(s1)C1(O)OC(=O)C3[C@H](C(=O)Nc4ccc(N5CCOCC5)cc4)[C@H](c4ccc(Br)c(Br)c4)OC31C2=O. The third kappa shape index (κ3) is 3.91. The summed E-state index contributed by atoms with van der Waals surface area (Å²) in [6, 6.07) is 14.4. The van der Waals surface area contributed by atoms with E-state index in [4.69, 9.17) is 14.2 Å². The summed E-state index contributed by atoms with van der Waals surface area (Å²) in [4.78, 5) is 44.7. The molecule has 3 unspecified atom stereocenters. The minimum Gasteiger partial charge on any atom is -0.424 e. The van der Waals surface area contributed by atoms with Crippen LogP contribution in [0.25, 0.3) is 0 Å². The number of rotatable bonds is 4. The minimum absolute atomic E-state index is 0.228. The van der Waals surface area contributed by atoms with Crippen molar-refractivity contribution < 1.29 is 33.7 Å². The molecule has 3 fully saturated rings. The van der Waals surface area contributed by atoms with Crippen molar-refractivity contribution in [2.75, 3.05) is 36.5 Å². The third-order valence-electron chi connectivity index (χ3n) is 8.27. The third-order valence-corrected chi connectivity index (χ3v) is 11.3. The molecule has 1 aliphatic carbocycles. The Labute approximate surface area is 256 Å². The number of fused-ring (bicyclic) bond motifs is 2. The van der Waals surface area contributed by atoms with E-state index in [1.165, 1.54) is 11.3 Å². The number of halogens is 2. The number of benzene rings is 2. The van der Waals surface area contributed by atoms with E-state index < -0.39 is 47.0 Å². The number of Topliss-reactive ketones (excluding diaryl/α,β-unsaturated/α-hetero) is 1. The Kier molecular flexibility index (Phi) is 6.45. The van der Waals surface area contributed by atoms with Gasteiger partial charge in [0, 0.05) is 43.9 Å². The number of nitrogens with zero attached hydrogens (tertiary/aromatic N) is 1. The Morgan fingerprint density at radius 1 is 1.07 bits per heavy atom. The lowest BCUT2D eigenvalue weighted by atomic mass is 9.75. The molecule has 3 saturated heterocycles. The number of anilines is 2. The molecular weight excluding hydrogens is 680 g/mol. The van der Waals surface area contributed by atoms with Gasteiger partial charge in [0.2, 0.25) is 17.3 Å². The molecule has 0 saturated carbocycles. The van der Waals surface area contributed by atoms with E-state index in [2.05, 4.69) is 42.1 Å². The number of thiophene rings is 1. The molecule has 9 nitrogen and oxygen atoms in total. The standard InChI is InChI=1S/C29H24Br2N2O7S/c1-14-12-18-24(34)28-22(27(36)40-29(28,37)25(18)41-14)21(23(39-28)15-2-7-19(30)20(31)13-15)26(35)32-16-3-5-17(6-4-16)33-8-10-38-11-9-33/h2-7,12-13,21-23,37H,8-11H2,1H3,(H,32,35)/t21-,22?,23-,28?,29?/m0/s1. The predicted octanol–water partition coefficient (Wildman–Crippen LogP) is 4.70. The van der Waals surface area contributed by atoms with Crippen molar-refractivity contribution in [2.45, 2.75) is 24.4 Å². The second-order valence-corrected chi connectivity index (χ2v) is 13.5. The molecule has 7 rings (SSSR count). The first-order chi connectivity index (χ1) is 19.6. The maximum Gasteiger partial charge on any atom is 0.316 e. The average molecular weight is 704 g/mol. The Hall–Kier alpha value is -2.61. The summed E-state index contributed by atoms with van der Waals surface area (Å²) in [5, 5.41) is 14.8. The van der Waals surface area contributed by atoms with Gasteiger partial charge in [-0.15, -0.1) is 11.3 Å².